The van der Waals surface area contributed by atoms with Crippen LogP contribution in [0.25, 0.3) is 0 Å². The molecule has 1 unspecified atom stereocenters. The molecule has 0 aliphatic carbocycles. The van der Waals surface area contributed by atoms with Crippen molar-refractivity contribution in [3.63, 3.8) is 0 Å². The molecule has 0 bridgehead atoms. The van der Waals surface area contributed by atoms with Crippen molar-refractivity contribution in [3.8, 4) is 0 Å². The average Bonchev–Trinajstić information content (AvgIpc) is 2.67. The molecule has 0 radical (unpaired) electrons. The molecule has 1 N–H and O–H groups in total. The van der Waals surface area contributed by atoms with Crippen molar-refractivity contribution in [1.29, 1.82) is 0 Å². The summed E-state index contributed by atoms with van der Waals surface area (Å²) < 4.78 is 22.6. The molecule has 104 valence electrons. The second-order valence-electron chi connectivity index (χ2n) is 4.77. The number of pyridine rings is 1. The molecular weight excluding hydrogens is 270 g/mol. The summed E-state index contributed by atoms with van der Waals surface area (Å²) in [4.78, 5) is 14.1. The zero-order valence-electron chi connectivity index (χ0n) is 10.5. The first-order chi connectivity index (χ1) is 8.87. The van der Waals surface area contributed by atoms with Crippen LogP contribution in [0.2, 0.25) is 0 Å². The fourth-order valence-corrected chi connectivity index (χ4v) is 3.98. The number of aromatic nitrogens is 1. The average molecular weight is 285 g/mol. The largest absolute Gasteiger partial charge is 0.370 e. The summed E-state index contributed by atoms with van der Waals surface area (Å²) in [5.74, 6) is 1.09. The van der Waals surface area contributed by atoms with Crippen LogP contribution in [0.5, 0.6) is 0 Å². The van der Waals surface area contributed by atoms with Gasteiger partial charge in [0.1, 0.15) is 12.0 Å². The maximum absolute atomic E-state index is 11.3. The smallest absolute Gasteiger partial charge is 0.287 e. The molecule has 0 aromatic carbocycles. The van der Waals surface area contributed by atoms with E-state index < -0.39 is 14.8 Å². The minimum atomic E-state index is -2.88. The predicted molar refractivity (Wildman–Crippen MR) is 70.9 cm³/mol. The lowest BCUT2D eigenvalue weighted by Crippen LogP contribution is -2.16. The second-order valence-corrected chi connectivity index (χ2v) is 6.99. The molecule has 1 aromatic rings. The third-order valence-corrected chi connectivity index (χ3v) is 5.00. The lowest BCUT2D eigenvalue weighted by molar-refractivity contribution is -0.385. The molecular formula is C11H15N3O4S. The van der Waals surface area contributed by atoms with Gasteiger partial charge >= 0.3 is 0 Å². The van der Waals surface area contributed by atoms with Crippen LogP contribution in [0, 0.1) is 23.0 Å². The first-order valence-corrected chi connectivity index (χ1v) is 7.75. The minimum Gasteiger partial charge on any atom is -0.370 e. The van der Waals surface area contributed by atoms with E-state index in [9.17, 15) is 18.5 Å². The number of nitro groups is 1. The maximum Gasteiger partial charge on any atom is 0.287 e. The Hall–Kier alpha value is -1.70. The zero-order valence-corrected chi connectivity index (χ0v) is 11.3. The Morgan fingerprint density at radius 3 is 2.84 bits per heavy atom. The maximum atomic E-state index is 11.3. The van der Waals surface area contributed by atoms with Gasteiger partial charge in [0.2, 0.25) is 0 Å². The Kier molecular flexibility index (Phi) is 3.70. The first-order valence-electron chi connectivity index (χ1n) is 5.93. The van der Waals surface area contributed by atoms with Gasteiger partial charge in [0.05, 0.1) is 16.4 Å². The molecule has 1 aromatic heterocycles. The number of sulfone groups is 1. The number of hydrogen-bond acceptors (Lipinski definition) is 6. The number of nitrogens with zero attached hydrogens (tertiary/aromatic N) is 2. The topological polar surface area (TPSA) is 102 Å². The number of aryl methyl sites for hydroxylation is 1. The summed E-state index contributed by atoms with van der Waals surface area (Å²) in [6.07, 6.45) is 1.85. The van der Waals surface area contributed by atoms with E-state index >= 15 is 0 Å². The van der Waals surface area contributed by atoms with Crippen LogP contribution in [0.4, 0.5) is 11.5 Å². The summed E-state index contributed by atoms with van der Waals surface area (Å²) in [5, 5.41) is 13.6. The van der Waals surface area contributed by atoms with Crippen molar-refractivity contribution in [2.24, 2.45) is 5.92 Å². The van der Waals surface area contributed by atoms with Gasteiger partial charge in [-0.3, -0.25) is 10.1 Å². The standard InChI is InChI=1S/C11H15N3O4S/c1-8-4-10(14(15)16)6-13-11(8)12-5-9-2-3-19(17,18)7-9/h4,6,9H,2-3,5,7H2,1H3,(H,12,13). The van der Waals surface area contributed by atoms with E-state index in [-0.39, 0.29) is 23.1 Å². The van der Waals surface area contributed by atoms with Crippen LogP contribution in [0.3, 0.4) is 0 Å². The molecule has 2 heterocycles. The highest BCUT2D eigenvalue weighted by atomic mass is 32.2. The molecule has 0 saturated carbocycles. The number of anilines is 1. The molecule has 1 aliphatic heterocycles. The molecule has 19 heavy (non-hydrogen) atoms. The molecule has 1 aliphatic rings. The molecule has 0 spiro atoms. The minimum absolute atomic E-state index is 0.0495. The highest BCUT2D eigenvalue weighted by molar-refractivity contribution is 7.91. The fourth-order valence-electron chi connectivity index (χ4n) is 2.12. The van der Waals surface area contributed by atoms with Crippen molar-refractivity contribution in [3.05, 3.63) is 27.9 Å². The van der Waals surface area contributed by atoms with E-state index in [0.717, 1.165) is 0 Å². The third-order valence-electron chi connectivity index (χ3n) is 3.16. The Morgan fingerprint density at radius 1 is 1.58 bits per heavy atom. The predicted octanol–water partition coefficient (Wildman–Crippen LogP) is 1.14. The van der Waals surface area contributed by atoms with Crippen LogP contribution < -0.4 is 5.32 Å². The van der Waals surface area contributed by atoms with Crippen molar-refractivity contribution in [1.82, 2.24) is 4.98 Å². The van der Waals surface area contributed by atoms with Crippen molar-refractivity contribution >= 4 is 21.3 Å². The van der Waals surface area contributed by atoms with E-state index in [4.69, 9.17) is 0 Å². The molecule has 7 nitrogen and oxygen atoms in total. The van der Waals surface area contributed by atoms with Gasteiger partial charge < -0.3 is 5.32 Å². The highest BCUT2D eigenvalue weighted by Crippen LogP contribution is 2.21. The van der Waals surface area contributed by atoms with Gasteiger partial charge in [-0.25, -0.2) is 13.4 Å². The molecule has 1 atom stereocenters. The van der Waals surface area contributed by atoms with Gasteiger partial charge in [-0.1, -0.05) is 0 Å². The van der Waals surface area contributed by atoms with Crippen LogP contribution in [0.15, 0.2) is 12.3 Å². The molecule has 1 saturated heterocycles. The monoisotopic (exact) mass is 285 g/mol. The first kappa shape index (κ1) is 13.7. The van der Waals surface area contributed by atoms with Crippen LogP contribution in [-0.4, -0.2) is 36.4 Å². The van der Waals surface area contributed by atoms with E-state index in [0.29, 0.717) is 24.3 Å². The van der Waals surface area contributed by atoms with E-state index in [1.165, 1.54) is 12.3 Å². The SMILES string of the molecule is Cc1cc([N+](=O)[O-])cnc1NCC1CCS(=O)(=O)C1. The van der Waals surface area contributed by atoms with Crippen molar-refractivity contribution < 1.29 is 13.3 Å². The number of hydrogen-bond donors (Lipinski definition) is 1. The quantitative estimate of drug-likeness (QED) is 0.657. The Bertz CT molecular complexity index is 600. The Labute approximate surface area is 111 Å². The normalized spacial score (nSPS) is 21.2. The molecule has 2 rings (SSSR count). The lowest BCUT2D eigenvalue weighted by atomic mass is 10.1. The van der Waals surface area contributed by atoms with Gasteiger partial charge in [0.15, 0.2) is 9.84 Å². The van der Waals surface area contributed by atoms with Crippen molar-refractivity contribution in [2.45, 2.75) is 13.3 Å². The van der Waals surface area contributed by atoms with Gasteiger partial charge in [-0.05, 0) is 24.8 Å². The summed E-state index contributed by atoms with van der Waals surface area (Å²) >= 11 is 0. The third kappa shape index (κ3) is 3.40. The van der Waals surface area contributed by atoms with Gasteiger partial charge in [0, 0.05) is 12.6 Å². The molecule has 0 amide bonds. The van der Waals surface area contributed by atoms with E-state index in [1.807, 2.05) is 0 Å². The van der Waals surface area contributed by atoms with E-state index in [2.05, 4.69) is 10.3 Å². The van der Waals surface area contributed by atoms with Gasteiger partial charge in [-0.2, -0.15) is 0 Å². The zero-order chi connectivity index (χ0) is 14.0. The second kappa shape index (κ2) is 5.12. The molecule has 8 heteroatoms. The fraction of sp³-hybridized carbons (Fsp3) is 0.545. The number of rotatable bonds is 4. The molecule has 1 fully saturated rings. The summed E-state index contributed by atoms with van der Waals surface area (Å²) in [6.45, 7) is 2.25. The summed E-state index contributed by atoms with van der Waals surface area (Å²) in [6, 6.07) is 1.45. The van der Waals surface area contributed by atoms with Gasteiger partial charge in [-0.15, -0.1) is 0 Å². The lowest BCUT2D eigenvalue weighted by Gasteiger charge is -2.11. The van der Waals surface area contributed by atoms with Crippen LogP contribution in [0.1, 0.15) is 12.0 Å². The van der Waals surface area contributed by atoms with E-state index in [1.54, 1.807) is 6.92 Å². The van der Waals surface area contributed by atoms with Gasteiger partial charge in [0.25, 0.3) is 5.69 Å². The Balaban J connectivity index is 1.99. The number of nitrogens with one attached hydrogen (secondary N) is 1. The highest BCUT2D eigenvalue weighted by Gasteiger charge is 2.27. The summed E-state index contributed by atoms with van der Waals surface area (Å²) in [5.41, 5.74) is 0.626. The van der Waals surface area contributed by atoms with Crippen molar-refractivity contribution in [2.75, 3.05) is 23.4 Å². The van der Waals surface area contributed by atoms with Crippen LogP contribution >= 0.6 is 0 Å². The Morgan fingerprint density at radius 2 is 2.32 bits per heavy atom. The summed E-state index contributed by atoms with van der Waals surface area (Å²) in [7, 11) is -2.88. The van der Waals surface area contributed by atoms with Crippen LogP contribution in [-0.2, 0) is 9.84 Å².